The summed E-state index contributed by atoms with van der Waals surface area (Å²) in [5.74, 6) is 0. The fourth-order valence-corrected chi connectivity index (χ4v) is 4.77. The predicted octanol–water partition coefficient (Wildman–Crippen LogP) is 4.77. The Balaban J connectivity index is 1.76. The molecule has 1 heterocycles. The number of nitrogens with zero attached hydrogens (tertiary/aromatic N) is 2. The third-order valence-electron chi connectivity index (χ3n) is 5.04. The molecule has 0 unspecified atom stereocenters. The predicted molar refractivity (Wildman–Crippen MR) is 107 cm³/mol. The fraction of sp³-hybridized carbons (Fsp3) is 0.286. The van der Waals surface area contributed by atoms with E-state index in [0.29, 0.717) is 11.4 Å². The first kappa shape index (κ1) is 17.8. The normalized spacial score (nSPS) is 15.1. The molecule has 0 atom stereocenters. The van der Waals surface area contributed by atoms with Gasteiger partial charge in [-0.1, -0.05) is 60.9 Å². The average Bonchev–Trinajstić information content (AvgIpc) is 3.34. The molecule has 1 aliphatic rings. The summed E-state index contributed by atoms with van der Waals surface area (Å²) in [6, 6.07) is 17.1. The van der Waals surface area contributed by atoms with Crippen molar-refractivity contribution in [3.8, 4) is 11.3 Å². The zero-order chi connectivity index (χ0) is 18.9. The van der Waals surface area contributed by atoms with E-state index >= 15 is 0 Å². The van der Waals surface area contributed by atoms with Gasteiger partial charge in [-0.3, -0.25) is 9.40 Å². The second kappa shape index (κ2) is 7.19. The van der Waals surface area contributed by atoms with E-state index in [1.807, 2.05) is 54.1 Å². The fourth-order valence-electron chi connectivity index (χ4n) is 3.56. The van der Waals surface area contributed by atoms with Crippen LogP contribution in [0.5, 0.6) is 0 Å². The summed E-state index contributed by atoms with van der Waals surface area (Å²) in [5.41, 5.74) is 2.94. The largest absolute Gasteiger partial charge is 0.280 e. The Kier molecular flexibility index (Phi) is 4.74. The number of aryl methyl sites for hydroxylation is 1. The van der Waals surface area contributed by atoms with Crippen molar-refractivity contribution < 1.29 is 8.42 Å². The zero-order valence-electron chi connectivity index (χ0n) is 15.3. The lowest BCUT2D eigenvalue weighted by Crippen LogP contribution is -2.13. The van der Waals surface area contributed by atoms with Crippen LogP contribution in [0.1, 0.15) is 37.3 Å². The molecule has 1 N–H and O–H groups in total. The summed E-state index contributed by atoms with van der Waals surface area (Å²) in [7, 11) is -3.75. The maximum Gasteiger partial charge on any atom is 0.265 e. The van der Waals surface area contributed by atoms with E-state index in [-0.39, 0.29) is 10.9 Å². The van der Waals surface area contributed by atoms with Crippen molar-refractivity contribution in [3.63, 3.8) is 0 Å². The van der Waals surface area contributed by atoms with Gasteiger partial charge in [-0.15, -0.1) is 0 Å². The molecule has 140 valence electrons. The van der Waals surface area contributed by atoms with Gasteiger partial charge in [-0.25, -0.2) is 8.42 Å². The number of rotatable bonds is 5. The van der Waals surface area contributed by atoms with E-state index in [9.17, 15) is 8.42 Å². The Morgan fingerprint density at radius 3 is 2.33 bits per heavy atom. The van der Waals surface area contributed by atoms with Gasteiger partial charge in [0, 0.05) is 17.4 Å². The lowest BCUT2D eigenvalue weighted by Gasteiger charge is -2.09. The van der Waals surface area contributed by atoms with Crippen molar-refractivity contribution in [2.75, 3.05) is 4.72 Å². The van der Waals surface area contributed by atoms with Crippen LogP contribution in [-0.4, -0.2) is 18.2 Å². The summed E-state index contributed by atoms with van der Waals surface area (Å²) >= 11 is 0. The van der Waals surface area contributed by atoms with Gasteiger partial charge in [0.2, 0.25) is 0 Å². The highest BCUT2D eigenvalue weighted by atomic mass is 32.2. The third kappa shape index (κ3) is 3.76. The number of aromatic nitrogens is 2. The Morgan fingerprint density at radius 2 is 1.67 bits per heavy atom. The molecule has 1 saturated carbocycles. The van der Waals surface area contributed by atoms with Crippen LogP contribution in [0.15, 0.2) is 65.7 Å². The molecular weight excluding hydrogens is 358 g/mol. The van der Waals surface area contributed by atoms with Crippen LogP contribution in [0.2, 0.25) is 0 Å². The average molecular weight is 382 g/mol. The molecule has 4 rings (SSSR count). The molecular formula is C21H23N3O2S. The molecule has 27 heavy (non-hydrogen) atoms. The number of benzene rings is 2. The minimum Gasteiger partial charge on any atom is -0.280 e. The zero-order valence-corrected chi connectivity index (χ0v) is 16.1. The second-order valence-electron chi connectivity index (χ2n) is 7.10. The quantitative estimate of drug-likeness (QED) is 0.692. The van der Waals surface area contributed by atoms with Crippen molar-refractivity contribution in [1.29, 1.82) is 0 Å². The van der Waals surface area contributed by atoms with Gasteiger partial charge in [-0.05, 0) is 31.9 Å². The van der Waals surface area contributed by atoms with E-state index in [0.717, 1.165) is 36.8 Å². The Hall–Kier alpha value is -2.60. The molecule has 1 aromatic heterocycles. The number of anilines is 1. The SMILES string of the molecule is Cc1ccc(NS(=O)(=O)c2cn(C3CCCC3)nc2-c2ccccc2)cc1. The molecule has 0 saturated heterocycles. The van der Waals surface area contributed by atoms with Crippen molar-refractivity contribution in [2.45, 2.75) is 43.5 Å². The van der Waals surface area contributed by atoms with Gasteiger partial charge >= 0.3 is 0 Å². The van der Waals surface area contributed by atoms with Crippen LogP contribution in [0.4, 0.5) is 5.69 Å². The summed E-state index contributed by atoms with van der Waals surface area (Å²) in [6.45, 7) is 1.97. The molecule has 6 heteroatoms. The van der Waals surface area contributed by atoms with Crippen LogP contribution >= 0.6 is 0 Å². The topological polar surface area (TPSA) is 64.0 Å². The first-order chi connectivity index (χ1) is 13.0. The van der Waals surface area contributed by atoms with Gasteiger partial charge in [0.25, 0.3) is 10.0 Å². The Bertz CT molecular complexity index is 1020. The number of hydrogen-bond acceptors (Lipinski definition) is 3. The van der Waals surface area contributed by atoms with E-state index in [1.54, 1.807) is 18.3 Å². The molecule has 0 amide bonds. The van der Waals surface area contributed by atoms with Gasteiger partial charge in [0.15, 0.2) is 0 Å². The van der Waals surface area contributed by atoms with E-state index in [2.05, 4.69) is 9.82 Å². The second-order valence-corrected chi connectivity index (χ2v) is 8.75. The lowest BCUT2D eigenvalue weighted by atomic mass is 10.2. The highest BCUT2D eigenvalue weighted by molar-refractivity contribution is 7.92. The maximum atomic E-state index is 13.1. The number of sulfonamides is 1. The Morgan fingerprint density at radius 1 is 1.00 bits per heavy atom. The van der Waals surface area contributed by atoms with Crippen LogP contribution in [0, 0.1) is 6.92 Å². The number of hydrogen-bond donors (Lipinski definition) is 1. The molecule has 1 aliphatic carbocycles. The third-order valence-corrected chi connectivity index (χ3v) is 6.42. The molecule has 1 fully saturated rings. The van der Waals surface area contributed by atoms with E-state index in [1.165, 1.54) is 0 Å². The molecule has 0 bridgehead atoms. The first-order valence-corrected chi connectivity index (χ1v) is 10.8. The monoisotopic (exact) mass is 381 g/mol. The number of nitrogens with one attached hydrogen (secondary N) is 1. The maximum absolute atomic E-state index is 13.1. The van der Waals surface area contributed by atoms with Crippen molar-refractivity contribution in [1.82, 2.24) is 9.78 Å². The van der Waals surface area contributed by atoms with Gasteiger partial charge < -0.3 is 0 Å². The van der Waals surface area contributed by atoms with E-state index < -0.39 is 10.0 Å². The van der Waals surface area contributed by atoms with Crippen LogP contribution in [-0.2, 0) is 10.0 Å². The van der Waals surface area contributed by atoms with E-state index in [4.69, 9.17) is 0 Å². The van der Waals surface area contributed by atoms with Crippen molar-refractivity contribution in [3.05, 3.63) is 66.4 Å². The molecule has 2 aromatic carbocycles. The van der Waals surface area contributed by atoms with Crippen LogP contribution < -0.4 is 4.72 Å². The molecule has 0 radical (unpaired) electrons. The van der Waals surface area contributed by atoms with Crippen LogP contribution in [0.25, 0.3) is 11.3 Å². The molecule has 5 nitrogen and oxygen atoms in total. The first-order valence-electron chi connectivity index (χ1n) is 9.27. The standard InChI is InChI=1S/C21H23N3O2S/c1-16-11-13-18(14-12-16)23-27(25,26)20-15-24(19-9-5-6-10-19)22-21(20)17-7-3-2-4-8-17/h2-4,7-8,11-15,19,23H,5-6,9-10H2,1H3. The van der Waals surface area contributed by atoms with Crippen LogP contribution in [0.3, 0.4) is 0 Å². The lowest BCUT2D eigenvalue weighted by molar-refractivity contribution is 0.467. The van der Waals surface area contributed by atoms with Gasteiger partial charge in [-0.2, -0.15) is 5.10 Å². The van der Waals surface area contributed by atoms with Gasteiger partial charge in [0.05, 0.1) is 6.04 Å². The molecule has 0 aliphatic heterocycles. The summed E-state index contributed by atoms with van der Waals surface area (Å²) in [4.78, 5) is 0.223. The molecule has 0 spiro atoms. The Labute approximate surface area is 160 Å². The van der Waals surface area contributed by atoms with Crippen molar-refractivity contribution in [2.24, 2.45) is 0 Å². The summed E-state index contributed by atoms with van der Waals surface area (Å²) < 4.78 is 30.8. The highest BCUT2D eigenvalue weighted by Crippen LogP contribution is 2.33. The smallest absolute Gasteiger partial charge is 0.265 e. The highest BCUT2D eigenvalue weighted by Gasteiger charge is 2.27. The van der Waals surface area contributed by atoms with Gasteiger partial charge in [0.1, 0.15) is 10.6 Å². The van der Waals surface area contributed by atoms with Crippen molar-refractivity contribution >= 4 is 15.7 Å². The minimum atomic E-state index is -3.75. The summed E-state index contributed by atoms with van der Waals surface area (Å²) in [6.07, 6.45) is 6.10. The minimum absolute atomic E-state index is 0.223. The summed E-state index contributed by atoms with van der Waals surface area (Å²) in [5, 5.41) is 4.68. The molecule has 3 aromatic rings.